The van der Waals surface area contributed by atoms with Crippen LogP contribution in [0, 0.1) is 0 Å². The summed E-state index contributed by atoms with van der Waals surface area (Å²) < 4.78 is 27.7. The van der Waals surface area contributed by atoms with Crippen molar-refractivity contribution in [3.05, 3.63) is 25.3 Å². The molecule has 0 N–H and O–H groups in total. The Morgan fingerprint density at radius 2 is 1.71 bits per heavy atom. The van der Waals surface area contributed by atoms with Crippen LogP contribution in [0.4, 0.5) is 0 Å². The Bertz CT molecular complexity index is 1030. The number of hydrogen-bond acceptors (Lipinski definition) is 7. The number of aromatic nitrogens is 4. The highest BCUT2D eigenvalue weighted by Crippen LogP contribution is 2.43. The van der Waals surface area contributed by atoms with Crippen LogP contribution < -0.4 is 4.74 Å². The van der Waals surface area contributed by atoms with Crippen molar-refractivity contribution in [1.29, 1.82) is 0 Å². The lowest BCUT2D eigenvalue weighted by molar-refractivity contribution is -0.0383. The number of ether oxygens (including phenoxy) is 2. The van der Waals surface area contributed by atoms with E-state index in [0.29, 0.717) is 36.7 Å². The minimum Gasteiger partial charge on any atom is -0.472 e. The molecule has 0 radical (unpaired) electrons. The van der Waals surface area contributed by atoms with Crippen LogP contribution in [0.1, 0.15) is 54.2 Å². The summed E-state index contributed by atoms with van der Waals surface area (Å²) in [7, 11) is -3.96. The summed E-state index contributed by atoms with van der Waals surface area (Å²) in [4.78, 5) is 13.3. The Balaban J connectivity index is 1.88. The van der Waals surface area contributed by atoms with Gasteiger partial charge >= 0.3 is 0 Å². The third-order valence-corrected chi connectivity index (χ3v) is 16.8. The van der Waals surface area contributed by atoms with Crippen LogP contribution in [0.2, 0.25) is 36.3 Å². The highest BCUT2D eigenvalue weighted by Gasteiger charge is 2.46. The van der Waals surface area contributed by atoms with E-state index in [4.69, 9.17) is 18.3 Å². The number of rotatable bonds is 9. The zero-order valence-corrected chi connectivity index (χ0v) is 25.2. The topological polar surface area (TPSA) is 80.5 Å². The fraction of sp³-hybridized carbons (Fsp3) is 0.720. The van der Waals surface area contributed by atoms with Gasteiger partial charge in [-0.1, -0.05) is 54.2 Å². The molecule has 1 aliphatic rings. The zero-order chi connectivity index (χ0) is 26.2. The molecule has 1 aliphatic heterocycles. The average molecular weight is 521 g/mol. The minimum atomic E-state index is -2.02. The Labute approximate surface area is 212 Å². The molecule has 1 saturated heterocycles. The van der Waals surface area contributed by atoms with Gasteiger partial charge in [-0.3, -0.25) is 4.57 Å². The van der Waals surface area contributed by atoms with Crippen molar-refractivity contribution in [3.63, 3.8) is 0 Å². The van der Waals surface area contributed by atoms with Gasteiger partial charge in [0.05, 0.1) is 19.0 Å². The number of hydrogen-bond donors (Lipinski definition) is 0. The molecule has 2 aromatic rings. The SMILES string of the molecule is C=CCOc1ncnc2c1ncn2[C@H]1C[C@@H](O[Si](C)(C)C(C)(C)C)[C@@H](CO[Si](C)(C)C(C)(C)C)O1. The second kappa shape index (κ2) is 10.0. The first-order valence-corrected chi connectivity index (χ1v) is 18.3. The Morgan fingerprint density at radius 1 is 1.06 bits per heavy atom. The lowest BCUT2D eigenvalue weighted by Gasteiger charge is -2.40. The van der Waals surface area contributed by atoms with E-state index < -0.39 is 16.6 Å². The van der Waals surface area contributed by atoms with Crippen LogP contribution in [-0.2, 0) is 13.6 Å². The molecule has 10 heteroatoms. The Morgan fingerprint density at radius 3 is 2.31 bits per heavy atom. The van der Waals surface area contributed by atoms with Gasteiger partial charge in [0.25, 0.3) is 0 Å². The molecule has 3 heterocycles. The smallest absolute Gasteiger partial charge is 0.245 e. The molecule has 3 rings (SSSR count). The Hall–Kier alpha value is -1.60. The van der Waals surface area contributed by atoms with E-state index >= 15 is 0 Å². The molecule has 3 atom stereocenters. The van der Waals surface area contributed by atoms with Crippen molar-refractivity contribution in [1.82, 2.24) is 19.5 Å². The van der Waals surface area contributed by atoms with E-state index in [0.717, 1.165) is 0 Å². The van der Waals surface area contributed by atoms with Gasteiger partial charge in [0.15, 0.2) is 27.8 Å². The lowest BCUT2D eigenvalue weighted by atomic mass is 10.2. The van der Waals surface area contributed by atoms with Gasteiger partial charge in [-0.2, -0.15) is 4.98 Å². The summed E-state index contributed by atoms with van der Waals surface area (Å²) in [6.45, 7) is 27.2. The van der Waals surface area contributed by atoms with Crippen LogP contribution in [-0.4, -0.2) is 61.6 Å². The maximum absolute atomic E-state index is 6.89. The first-order chi connectivity index (χ1) is 16.1. The van der Waals surface area contributed by atoms with E-state index in [2.05, 4.69) is 89.3 Å². The number of imidazole rings is 1. The summed E-state index contributed by atoms with van der Waals surface area (Å²) in [6, 6.07) is 0. The molecule has 35 heavy (non-hydrogen) atoms. The average Bonchev–Trinajstić information content (AvgIpc) is 3.33. The molecule has 1 fully saturated rings. The molecule has 2 aromatic heterocycles. The molecule has 8 nitrogen and oxygen atoms in total. The van der Waals surface area contributed by atoms with Gasteiger partial charge in [-0.25, -0.2) is 9.97 Å². The van der Waals surface area contributed by atoms with Gasteiger partial charge in [-0.15, -0.1) is 0 Å². The van der Waals surface area contributed by atoms with E-state index in [1.54, 1.807) is 12.4 Å². The molecule has 0 aromatic carbocycles. The maximum atomic E-state index is 6.89. The summed E-state index contributed by atoms with van der Waals surface area (Å²) in [5.74, 6) is 0.443. The minimum absolute atomic E-state index is 0.0681. The predicted octanol–water partition coefficient (Wildman–Crippen LogP) is 6.09. The molecule has 0 spiro atoms. The highest BCUT2D eigenvalue weighted by molar-refractivity contribution is 6.74. The van der Waals surface area contributed by atoms with E-state index in [1.165, 1.54) is 6.33 Å². The predicted molar refractivity (Wildman–Crippen MR) is 145 cm³/mol. The largest absolute Gasteiger partial charge is 0.472 e. The monoisotopic (exact) mass is 520 g/mol. The van der Waals surface area contributed by atoms with Crippen molar-refractivity contribution in [3.8, 4) is 5.88 Å². The molecule has 0 aliphatic carbocycles. The second-order valence-electron chi connectivity index (χ2n) is 12.5. The summed E-state index contributed by atoms with van der Waals surface area (Å²) >= 11 is 0. The van der Waals surface area contributed by atoms with E-state index in [1.807, 2.05) is 4.57 Å². The maximum Gasteiger partial charge on any atom is 0.245 e. The molecular formula is C25H44N4O4Si2. The van der Waals surface area contributed by atoms with Gasteiger partial charge in [0.2, 0.25) is 5.88 Å². The number of fused-ring (bicyclic) bond motifs is 1. The van der Waals surface area contributed by atoms with Crippen molar-refractivity contribution >= 4 is 27.8 Å². The second-order valence-corrected chi connectivity index (χ2v) is 22.0. The standard InChI is InChI=1S/C25H44N4O4Si2/c1-12-13-30-23-21-22(26-16-27-23)29(17-28-21)20-14-18(33-35(10,11)25(5,6)7)19(32-20)15-31-34(8,9)24(2,3)4/h12,16-20H,1,13-15H2,2-11H3/t18-,19-,20-/m1/s1. The Kier molecular flexibility index (Phi) is 8.03. The highest BCUT2D eigenvalue weighted by atomic mass is 28.4. The van der Waals surface area contributed by atoms with Crippen LogP contribution in [0.3, 0.4) is 0 Å². The van der Waals surface area contributed by atoms with Crippen LogP contribution in [0.5, 0.6) is 5.88 Å². The van der Waals surface area contributed by atoms with Crippen molar-refractivity contribution in [2.75, 3.05) is 13.2 Å². The lowest BCUT2D eigenvalue weighted by Crippen LogP contribution is -2.48. The third kappa shape index (κ3) is 6.04. The van der Waals surface area contributed by atoms with Gasteiger partial charge in [0, 0.05) is 6.42 Å². The summed E-state index contributed by atoms with van der Waals surface area (Å²) in [5.41, 5.74) is 1.29. The van der Waals surface area contributed by atoms with E-state index in [-0.39, 0.29) is 28.5 Å². The fourth-order valence-electron chi connectivity index (χ4n) is 3.49. The quantitative estimate of drug-likeness (QED) is 0.292. The molecule has 196 valence electrons. The normalized spacial score (nSPS) is 22.1. The third-order valence-electron chi connectivity index (χ3n) is 7.82. The molecule has 0 unspecified atom stereocenters. The first kappa shape index (κ1) is 28.0. The summed E-state index contributed by atoms with van der Waals surface area (Å²) in [6.07, 6.45) is 5.14. The van der Waals surface area contributed by atoms with Crippen molar-refractivity contribution < 1.29 is 18.3 Å². The van der Waals surface area contributed by atoms with Crippen LogP contribution in [0.25, 0.3) is 11.2 Å². The molecule has 0 bridgehead atoms. The summed E-state index contributed by atoms with van der Waals surface area (Å²) in [5, 5.41) is 0.225. The van der Waals surface area contributed by atoms with Gasteiger partial charge < -0.3 is 18.3 Å². The van der Waals surface area contributed by atoms with Crippen molar-refractivity contribution in [2.24, 2.45) is 0 Å². The molecule has 0 amide bonds. The molecule has 0 saturated carbocycles. The van der Waals surface area contributed by atoms with Gasteiger partial charge in [-0.05, 0) is 36.3 Å². The fourth-order valence-corrected chi connectivity index (χ4v) is 5.86. The van der Waals surface area contributed by atoms with Crippen LogP contribution >= 0.6 is 0 Å². The van der Waals surface area contributed by atoms with Gasteiger partial charge in [0.1, 0.15) is 25.3 Å². The first-order valence-electron chi connectivity index (χ1n) is 12.5. The van der Waals surface area contributed by atoms with Crippen LogP contribution in [0.15, 0.2) is 25.3 Å². The molecular weight excluding hydrogens is 476 g/mol. The zero-order valence-electron chi connectivity index (χ0n) is 23.2. The van der Waals surface area contributed by atoms with E-state index in [9.17, 15) is 0 Å². The number of nitrogens with zero attached hydrogens (tertiary/aromatic N) is 4. The van der Waals surface area contributed by atoms with Crippen molar-refractivity contribution in [2.45, 2.75) is 103 Å².